The van der Waals surface area contributed by atoms with Gasteiger partial charge in [0.1, 0.15) is 4.21 Å². The molecule has 126 valence electrons. The van der Waals surface area contributed by atoms with Crippen molar-refractivity contribution in [2.24, 2.45) is 11.7 Å². The molecule has 1 aliphatic rings. The number of hydrogen-bond acceptors (Lipinski definition) is 5. The zero-order chi connectivity index (χ0) is 15.5. The minimum atomic E-state index is -3.62. The minimum Gasteiger partial charge on any atom is -0.342 e. The molecule has 1 aromatic heterocycles. The highest BCUT2D eigenvalue weighted by molar-refractivity contribution is 9.11. The Balaban J connectivity index is 0.00000242. The number of carbonyl (C=O) groups is 1. The van der Waals surface area contributed by atoms with Gasteiger partial charge in [-0.1, -0.05) is 0 Å². The lowest BCUT2D eigenvalue weighted by molar-refractivity contribution is -0.131. The zero-order valence-electron chi connectivity index (χ0n) is 11.8. The Kier molecular flexibility index (Phi) is 7.76. The predicted octanol–water partition coefficient (Wildman–Crippen LogP) is 1.41. The summed E-state index contributed by atoms with van der Waals surface area (Å²) in [5.41, 5.74) is 5.61. The van der Waals surface area contributed by atoms with E-state index < -0.39 is 10.0 Å². The molecular formula is C12H19BrClN3O3S2. The molecule has 22 heavy (non-hydrogen) atoms. The maximum absolute atomic E-state index is 12.0. The van der Waals surface area contributed by atoms with E-state index in [0.29, 0.717) is 25.6 Å². The van der Waals surface area contributed by atoms with Crippen molar-refractivity contribution in [3.8, 4) is 0 Å². The molecule has 0 bridgehead atoms. The van der Waals surface area contributed by atoms with Crippen LogP contribution in [-0.2, 0) is 14.8 Å². The van der Waals surface area contributed by atoms with Crippen molar-refractivity contribution in [1.82, 2.24) is 9.62 Å². The molecule has 1 saturated heterocycles. The van der Waals surface area contributed by atoms with Crippen LogP contribution in [0.3, 0.4) is 0 Å². The van der Waals surface area contributed by atoms with E-state index in [2.05, 4.69) is 20.7 Å². The highest BCUT2D eigenvalue weighted by Gasteiger charge is 2.24. The molecule has 1 fully saturated rings. The standard InChI is InChI=1S/C12H18BrN3O3S2.ClH/c13-10-1-2-12(20-10)21(18,19)15-8-11(17)16-5-3-9(7-14)4-6-16;/h1-2,9,15H,3-8,14H2;1H. The third-order valence-electron chi connectivity index (χ3n) is 3.53. The molecule has 0 spiro atoms. The number of sulfonamides is 1. The molecule has 6 nitrogen and oxygen atoms in total. The lowest BCUT2D eigenvalue weighted by Crippen LogP contribution is -2.44. The number of carbonyl (C=O) groups excluding carboxylic acids is 1. The van der Waals surface area contributed by atoms with Gasteiger partial charge in [0.25, 0.3) is 10.0 Å². The summed E-state index contributed by atoms with van der Waals surface area (Å²) in [5, 5.41) is 0. The molecular weight excluding hydrogens is 414 g/mol. The summed E-state index contributed by atoms with van der Waals surface area (Å²) >= 11 is 4.33. The van der Waals surface area contributed by atoms with Crippen molar-refractivity contribution in [2.75, 3.05) is 26.2 Å². The van der Waals surface area contributed by atoms with Gasteiger partial charge in [-0.25, -0.2) is 13.1 Å². The van der Waals surface area contributed by atoms with Crippen LogP contribution in [-0.4, -0.2) is 45.4 Å². The number of thiophene rings is 1. The summed E-state index contributed by atoms with van der Waals surface area (Å²) in [6.45, 7) is 1.73. The molecule has 0 unspecified atom stereocenters. The molecule has 0 aromatic carbocycles. The highest BCUT2D eigenvalue weighted by atomic mass is 79.9. The van der Waals surface area contributed by atoms with Crippen molar-refractivity contribution in [3.63, 3.8) is 0 Å². The molecule has 0 saturated carbocycles. The van der Waals surface area contributed by atoms with Crippen molar-refractivity contribution >= 4 is 55.6 Å². The Morgan fingerprint density at radius 1 is 1.41 bits per heavy atom. The van der Waals surface area contributed by atoms with Gasteiger partial charge in [-0.05, 0) is 53.4 Å². The first kappa shape index (κ1) is 19.9. The number of rotatable bonds is 5. The highest BCUT2D eigenvalue weighted by Crippen LogP contribution is 2.25. The second kappa shape index (κ2) is 8.60. The van der Waals surface area contributed by atoms with Crippen LogP contribution < -0.4 is 10.5 Å². The van der Waals surface area contributed by atoms with E-state index in [1.807, 2.05) is 0 Å². The fourth-order valence-electron chi connectivity index (χ4n) is 2.20. The van der Waals surface area contributed by atoms with E-state index in [1.165, 1.54) is 6.07 Å². The number of hydrogen-bond donors (Lipinski definition) is 2. The molecule has 10 heteroatoms. The van der Waals surface area contributed by atoms with Crippen LogP contribution >= 0.6 is 39.7 Å². The van der Waals surface area contributed by atoms with Gasteiger partial charge in [0, 0.05) is 13.1 Å². The summed E-state index contributed by atoms with van der Waals surface area (Å²) in [7, 11) is -3.62. The molecule has 1 amide bonds. The van der Waals surface area contributed by atoms with Crippen molar-refractivity contribution in [3.05, 3.63) is 15.9 Å². The van der Waals surface area contributed by atoms with Gasteiger partial charge in [-0.3, -0.25) is 4.79 Å². The number of amides is 1. The summed E-state index contributed by atoms with van der Waals surface area (Å²) in [4.78, 5) is 13.7. The van der Waals surface area contributed by atoms with Gasteiger partial charge in [0.15, 0.2) is 0 Å². The first-order chi connectivity index (χ1) is 9.92. The van der Waals surface area contributed by atoms with Crippen molar-refractivity contribution in [2.45, 2.75) is 17.1 Å². The number of piperidine rings is 1. The van der Waals surface area contributed by atoms with Crippen LogP contribution in [0, 0.1) is 5.92 Å². The van der Waals surface area contributed by atoms with E-state index in [1.54, 1.807) is 11.0 Å². The van der Waals surface area contributed by atoms with Crippen LogP contribution in [0.5, 0.6) is 0 Å². The maximum Gasteiger partial charge on any atom is 0.250 e. The monoisotopic (exact) mass is 431 g/mol. The molecule has 1 aromatic rings. The van der Waals surface area contributed by atoms with Crippen LogP contribution in [0.15, 0.2) is 20.1 Å². The summed E-state index contributed by atoms with van der Waals surface area (Å²) in [6, 6.07) is 3.17. The molecule has 2 heterocycles. The normalized spacial score (nSPS) is 16.4. The lowest BCUT2D eigenvalue weighted by atomic mass is 9.97. The number of nitrogens with two attached hydrogens (primary N) is 1. The Bertz CT molecular complexity index is 601. The Labute approximate surface area is 149 Å². The largest absolute Gasteiger partial charge is 0.342 e. The molecule has 1 aliphatic heterocycles. The predicted molar refractivity (Wildman–Crippen MR) is 92.8 cm³/mol. The summed E-state index contributed by atoms with van der Waals surface area (Å²) in [5.74, 6) is 0.277. The van der Waals surface area contributed by atoms with Gasteiger partial charge >= 0.3 is 0 Å². The third-order valence-corrected chi connectivity index (χ3v) is 7.04. The lowest BCUT2D eigenvalue weighted by Gasteiger charge is -2.31. The summed E-state index contributed by atoms with van der Waals surface area (Å²) < 4.78 is 27.3. The third kappa shape index (κ3) is 5.17. The topological polar surface area (TPSA) is 92.5 Å². The molecule has 0 atom stereocenters. The fourth-order valence-corrected chi connectivity index (χ4v) is 5.23. The van der Waals surface area contributed by atoms with Crippen LogP contribution in [0.1, 0.15) is 12.8 Å². The van der Waals surface area contributed by atoms with Gasteiger partial charge in [0.2, 0.25) is 5.91 Å². The molecule has 0 radical (unpaired) electrons. The average Bonchev–Trinajstić information content (AvgIpc) is 2.92. The smallest absolute Gasteiger partial charge is 0.250 e. The van der Waals surface area contributed by atoms with E-state index in [0.717, 1.165) is 28.0 Å². The maximum atomic E-state index is 12.0. The van der Waals surface area contributed by atoms with Gasteiger partial charge < -0.3 is 10.6 Å². The molecule has 2 rings (SSSR count). The van der Waals surface area contributed by atoms with Gasteiger partial charge in [-0.2, -0.15) is 0 Å². The number of likely N-dealkylation sites (tertiary alicyclic amines) is 1. The Hall–Kier alpha value is -0.190. The first-order valence-electron chi connectivity index (χ1n) is 6.65. The second-order valence-electron chi connectivity index (χ2n) is 4.94. The van der Waals surface area contributed by atoms with Crippen LogP contribution in [0.2, 0.25) is 0 Å². The average molecular weight is 433 g/mol. The zero-order valence-corrected chi connectivity index (χ0v) is 15.9. The van der Waals surface area contributed by atoms with Crippen LogP contribution in [0.25, 0.3) is 0 Å². The van der Waals surface area contributed by atoms with Gasteiger partial charge in [0.05, 0.1) is 10.3 Å². The fraction of sp³-hybridized carbons (Fsp3) is 0.583. The summed E-state index contributed by atoms with van der Waals surface area (Å²) in [6.07, 6.45) is 1.76. The number of nitrogens with one attached hydrogen (secondary N) is 1. The Morgan fingerprint density at radius 2 is 2.05 bits per heavy atom. The Morgan fingerprint density at radius 3 is 2.55 bits per heavy atom. The number of nitrogens with zero attached hydrogens (tertiary/aromatic N) is 1. The molecule has 3 N–H and O–H groups in total. The minimum absolute atomic E-state index is 0. The van der Waals surface area contributed by atoms with E-state index >= 15 is 0 Å². The van der Waals surface area contributed by atoms with Gasteiger partial charge in [-0.15, -0.1) is 23.7 Å². The van der Waals surface area contributed by atoms with E-state index in [-0.39, 0.29) is 29.1 Å². The number of halogens is 2. The van der Waals surface area contributed by atoms with Crippen molar-refractivity contribution in [1.29, 1.82) is 0 Å². The molecule has 0 aliphatic carbocycles. The van der Waals surface area contributed by atoms with Crippen LogP contribution in [0.4, 0.5) is 0 Å². The SMILES string of the molecule is Cl.NCC1CCN(C(=O)CNS(=O)(=O)c2ccc(Br)s2)CC1. The quantitative estimate of drug-likeness (QED) is 0.736. The first-order valence-corrected chi connectivity index (χ1v) is 9.74. The van der Waals surface area contributed by atoms with E-state index in [4.69, 9.17) is 5.73 Å². The second-order valence-corrected chi connectivity index (χ2v) is 9.40. The van der Waals surface area contributed by atoms with E-state index in [9.17, 15) is 13.2 Å². The van der Waals surface area contributed by atoms with Crippen molar-refractivity contribution < 1.29 is 13.2 Å².